The second-order valence-electron chi connectivity index (χ2n) is 2.39. The Balaban J connectivity index is 2.90. The molecule has 0 aromatic heterocycles. The van der Waals surface area contributed by atoms with Crippen molar-refractivity contribution in [2.75, 3.05) is 6.61 Å². The third kappa shape index (κ3) is 2.74. The Kier molecular flexibility index (Phi) is 3.81. The van der Waals surface area contributed by atoms with Crippen LogP contribution in [0.25, 0.3) is 0 Å². The molecule has 1 rings (SSSR count). The molecule has 0 fully saturated rings. The summed E-state index contributed by atoms with van der Waals surface area (Å²) in [7, 11) is 0. The van der Waals surface area contributed by atoms with Crippen molar-refractivity contribution in [3.63, 3.8) is 0 Å². The van der Waals surface area contributed by atoms with E-state index in [2.05, 4.69) is 28.6 Å². The van der Waals surface area contributed by atoms with Crippen molar-refractivity contribution in [1.82, 2.24) is 0 Å². The summed E-state index contributed by atoms with van der Waals surface area (Å²) in [6.45, 7) is 2.17. The molecular weight excluding hydrogens is 252 g/mol. The lowest BCUT2D eigenvalue weighted by molar-refractivity contribution is 0.0526. The van der Waals surface area contributed by atoms with Gasteiger partial charge < -0.3 is 4.74 Å². The molecule has 1 aromatic carbocycles. The number of hydrogen-bond donors (Lipinski definition) is 1. The van der Waals surface area contributed by atoms with Crippen molar-refractivity contribution in [2.45, 2.75) is 11.8 Å². The molecule has 0 spiro atoms. The third-order valence-electron chi connectivity index (χ3n) is 1.46. The molecule has 0 saturated heterocycles. The molecule has 1 aromatic rings. The fourth-order valence-corrected chi connectivity index (χ4v) is 1.37. The Bertz CT molecular complexity index is 325. The van der Waals surface area contributed by atoms with Crippen LogP contribution in [0.1, 0.15) is 17.3 Å². The second-order valence-corrected chi connectivity index (χ2v) is 3.72. The van der Waals surface area contributed by atoms with Gasteiger partial charge in [0.25, 0.3) is 0 Å². The van der Waals surface area contributed by atoms with Crippen LogP contribution in [0.2, 0.25) is 0 Å². The van der Waals surface area contributed by atoms with Crippen LogP contribution in [0, 0.1) is 0 Å². The molecule has 4 heteroatoms. The van der Waals surface area contributed by atoms with E-state index in [0.717, 1.165) is 9.37 Å². The van der Waals surface area contributed by atoms with Gasteiger partial charge in [0.15, 0.2) is 0 Å². The van der Waals surface area contributed by atoms with Crippen molar-refractivity contribution >= 4 is 34.5 Å². The van der Waals surface area contributed by atoms with Gasteiger partial charge >= 0.3 is 5.97 Å². The fraction of sp³-hybridized carbons (Fsp3) is 0.222. The Morgan fingerprint density at radius 3 is 2.85 bits per heavy atom. The predicted octanol–water partition coefficient (Wildman–Crippen LogP) is 2.91. The van der Waals surface area contributed by atoms with Crippen LogP contribution < -0.4 is 0 Å². The van der Waals surface area contributed by atoms with Crippen LogP contribution in [0.15, 0.2) is 27.6 Å². The molecule has 13 heavy (non-hydrogen) atoms. The SMILES string of the molecule is CCOC(=O)c1ccc(S)c(Br)c1. The molecule has 0 aliphatic rings. The highest BCUT2D eigenvalue weighted by Gasteiger charge is 2.07. The monoisotopic (exact) mass is 260 g/mol. The van der Waals surface area contributed by atoms with Gasteiger partial charge in [-0.2, -0.15) is 0 Å². The summed E-state index contributed by atoms with van der Waals surface area (Å²) < 4.78 is 5.63. The predicted molar refractivity (Wildman–Crippen MR) is 57.4 cm³/mol. The van der Waals surface area contributed by atoms with Crippen molar-refractivity contribution in [2.24, 2.45) is 0 Å². The molecule has 2 nitrogen and oxygen atoms in total. The average molecular weight is 261 g/mol. The van der Waals surface area contributed by atoms with Gasteiger partial charge in [0, 0.05) is 9.37 Å². The largest absolute Gasteiger partial charge is 0.462 e. The Morgan fingerprint density at radius 1 is 1.62 bits per heavy atom. The highest BCUT2D eigenvalue weighted by Crippen LogP contribution is 2.21. The molecule has 0 amide bonds. The number of hydrogen-bond acceptors (Lipinski definition) is 3. The maximum atomic E-state index is 11.2. The third-order valence-corrected chi connectivity index (χ3v) is 2.81. The van der Waals surface area contributed by atoms with Crippen LogP contribution >= 0.6 is 28.6 Å². The van der Waals surface area contributed by atoms with E-state index in [1.165, 1.54) is 0 Å². The fourth-order valence-electron chi connectivity index (χ4n) is 0.848. The van der Waals surface area contributed by atoms with Gasteiger partial charge in [-0.15, -0.1) is 12.6 Å². The lowest BCUT2D eigenvalue weighted by Crippen LogP contribution is -2.04. The van der Waals surface area contributed by atoms with Crippen LogP contribution in [-0.4, -0.2) is 12.6 Å². The van der Waals surface area contributed by atoms with Crippen LogP contribution in [0.4, 0.5) is 0 Å². The summed E-state index contributed by atoms with van der Waals surface area (Å²) in [6.07, 6.45) is 0. The molecular formula is C9H9BrO2S. The van der Waals surface area contributed by atoms with E-state index in [1.54, 1.807) is 25.1 Å². The standard InChI is InChI=1S/C9H9BrO2S/c1-2-12-9(11)6-3-4-8(13)7(10)5-6/h3-5,13H,2H2,1H3. The maximum Gasteiger partial charge on any atom is 0.338 e. The molecule has 0 N–H and O–H groups in total. The molecule has 0 bridgehead atoms. The van der Waals surface area contributed by atoms with E-state index < -0.39 is 0 Å². The zero-order valence-electron chi connectivity index (χ0n) is 7.08. The maximum absolute atomic E-state index is 11.2. The summed E-state index contributed by atoms with van der Waals surface area (Å²) >= 11 is 7.45. The summed E-state index contributed by atoms with van der Waals surface area (Å²) in [4.78, 5) is 12.0. The number of carbonyl (C=O) groups is 1. The van der Waals surface area contributed by atoms with Gasteiger partial charge in [0.2, 0.25) is 0 Å². The highest BCUT2D eigenvalue weighted by molar-refractivity contribution is 9.10. The molecule has 70 valence electrons. The van der Waals surface area contributed by atoms with E-state index >= 15 is 0 Å². The second kappa shape index (κ2) is 4.67. The molecule has 0 heterocycles. The van der Waals surface area contributed by atoms with E-state index in [1.807, 2.05) is 0 Å². The first-order valence-corrected chi connectivity index (χ1v) is 5.04. The van der Waals surface area contributed by atoms with Crippen LogP contribution in [0.3, 0.4) is 0 Å². The first-order valence-electron chi connectivity index (χ1n) is 3.80. The minimum Gasteiger partial charge on any atom is -0.462 e. The van der Waals surface area contributed by atoms with Gasteiger partial charge in [-0.05, 0) is 41.1 Å². The average Bonchev–Trinajstić information content (AvgIpc) is 2.10. The number of benzene rings is 1. The number of rotatable bonds is 2. The number of ether oxygens (including phenoxy) is 1. The molecule has 0 unspecified atom stereocenters. The highest BCUT2D eigenvalue weighted by atomic mass is 79.9. The van der Waals surface area contributed by atoms with Crippen molar-refractivity contribution < 1.29 is 9.53 Å². The van der Waals surface area contributed by atoms with E-state index in [0.29, 0.717) is 12.2 Å². The lowest BCUT2D eigenvalue weighted by Gasteiger charge is -2.02. The van der Waals surface area contributed by atoms with Gasteiger partial charge in [-0.3, -0.25) is 0 Å². The topological polar surface area (TPSA) is 26.3 Å². The molecule has 0 aliphatic carbocycles. The molecule has 0 radical (unpaired) electrons. The molecule has 0 atom stereocenters. The summed E-state index contributed by atoms with van der Waals surface area (Å²) in [5, 5.41) is 0. The smallest absolute Gasteiger partial charge is 0.338 e. The summed E-state index contributed by atoms with van der Waals surface area (Å²) in [5.41, 5.74) is 0.534. The number of thiol groups is 1. The minimum atomic E-state index is -0.309. The van der Waals surface area contributed by atoms with Crippen LogP contribution in [-0.2, 0) is 4.74 Å². The van der Waals surface area contributed by atoms with Crippen molar-refractivity contribution in [3.8, 4) is 0 Å². The van der Waals surface area contributed by atoms with Gasteiger partial charge in [-0.1, -0.05) is 0 Å². The summed E-state index contributed by atoms with van der Waals surface area (Å²) in [5.74, 6) is -0.309. The Morgan fingerprint density at radius 2 is 2.31 bits per heavy atom. The number of halogens is 1. The Hall–Kier alpha value is -0.480. The van der Waals surface area contributed by atoms with E-state index in [9.17, 15) is 4.79 Å². The number of esters is 1. The molecule has 0 saturated carbocycles. The van der Waals surface area contributed by atoms with Crippen molar-refractivity contribution in [3.05, 3.63) is 28.2 Å². The normalized spacial score (nSPS) is 9.77. The first kappa shape index (κ1) is 10.6. The summed E-state index contributed by atoms with van der Waals surface area (Å²) in [6, 6.07) is 5.13. The lowest BCUT2D eigenvalue weighted by atomic mass is 10.2. The zero-order chi connectivity index (χ0) is 9.84. The Labute approximate surface area is 90.8 Å². The van der Waals surface area contributed by atoms with Crippen molar-refractivity contribution in [1.29, 1.82) is 0 Å². The molecule has 0 aliphatic heterocycles. The minimum absolute atomic E-state index is 0.309. The van der Waals surface area contributed by atoms with E-state index in [-0.39, 0.29) is 5.97 Å². The van der Waals surface area contributed by atoms with Gasteiger partial charge in [-0.25, -0.2) is 4.79 Å². The quantitative estimate of drug-likeness (QED) is 0.654. The van der Waals surface area contributed by atoms with E-state index in [4.69, 9.17) is 4.74 Å². The zero-order valence-corrected chi connectivity index (χ0v) is 9.56. The number of carbonyl (C=O) groups excluding carboxylic acids is 1. The van der Waals surface area contributed by atoms with Gasteiger partial charge in [0.05, 0.1) is 12.2 Å². The van der Waals surface area contributed by atoms with Gasteiger partial charge in [0.1, 0.15) is 0 Å². The van der Waals surface area contributed by atoms with Crippen LogP contribution in [0.5, 0.6) is 0 Å². The first-order chi connectivity index (χ1) is 6.15.